The third-order valence-electron chi connectivity index (χ3n) is 6.83. The SMILES string of the molecule is C=C(/C=C\C(Br)=C/C)[C@@]1(C(=O)N2CCOCC2)[C@H]2C(=O)N(c3cc(Cl)cc(Cl)c3)C(=O)[C@]21C. The van der Waals surface area contributed by atoms with Gasteiger partial charge in [0.05, 0.1) is 30.2 Å². The van der Waals surface area contributed by atoms with Gasteiger partial charge in [0, 0.05) is 27.6 Å². The van der Waals surface area contributed by atoms with E-state index in [0.717, 1.165) is 9.38 Å². The maximum absolute atomic E-state index is 13.9. The Hall–Kier alpha value is -1.93. The molecule has 0 N–H and O–H groups in total. The predicted molar refractivity (Wildman–Crippen MR) is 131 cm³/mol. The predicted octanol–water partition coefficient (Wildman–Crippen LogP) is 4.76. The van der Waals surface area contributed by atoms with Crippen LogP contribution in [-0.2, 0) is 19.1 Å². The van der Waals surface area contributed by atoms with Crippen LogP contribution in [0.3, 0.4) is 0 Å². The van der Waals surface area contributed by atoms with Crippen LogP contribution in [0.2, 0.25) is 10.0 Å². The molecule has 2 aliphatic heterocycles. The summed E-state index contributed by atoms with van der Waals surface area (Å²) < 4.78 is 6.18. The minimum atomic E-state index is -1.35. The van der Waals surface area contributed by atoms with Gasteiger partial charge in [-0.25, -0.2) is 4.90 Å². The Balaban J connectivity index is 1.77. The molecule has 2 heterocycles. The molecule has 4 rings (SSSR count). The number of imide groups is 1. The molecule has 0 spiro atoms. The van der Waals surface area contributed by atoms with Crippen molar-refractivity contribution >= 4 is 62.5 Å². The van der Waals surface area contributed by atoms with Gasteiger partial charge in [-0.15, -0.1) is 0 Å². The first kappa shape index (κ1) is 24.2. The number of fused-ring (bicyclic) bond motifs is 1. The summed E-state index contributed by atoms with van der Waals surface area (Å²) >= 11 is 15.6. The number of amides is 3. The molecule has 33 heavy (non-hydrogen) atoms. The number of anilines is 1. The number of allylic oxidation sites excluding steroid dienone is 4. The fourth-order valence-electron chi connectivity index (χ4n) is 5.14. The maximum atomic E-state index is 13.9. The lowest BCUT2D eigenvalue weighted by Crippen LogP contribution is -2.50. The lowest BCUT2D eigenvalue weighted by Gasteiger charge is -2.35. The van der Waals surface area contributed by atoms with Gasteiger partial charge in [-0.05, 0) is 43.7 Å². The van der Waals surface area contributed by atoms with E-state index in [0.29, 0.717) is 47.6 Å². The van der Waals surface area contributed by atoms with Gasteiger partial charge in [-0.3, -0.25) is 14.4 Å². The second-order valence-corrected chi connectivity index (χ2v) is 10.3. The summed E-state index contributed by atoms with van der Waals surface area (Å²) in [5.41, 5.74) is -1.90. The number of morpholine rings is 1. The van der Waals surface area contributed by atoms with Gasteiger partial charge < -0.3 is 9.64 Å². The van der Waals surface area contributed by atoms with E-state index in [9.17, 15) is 14.4 Å². The number of carbonyl (C=O) groups is 3. The number of hydrogen-bond acceptors (Lipinski definition) is 4. The number of hydrogen-bond donors (Lipinski definition) is 0. The van der Waals surface area contributed by atoms with E-state index in [1.807, 2.05) is 13.0 Å². The normalized spacial score (nSPS) is 29.6. The molecule has 3 atom stereocenters. The standard InChI is InChI=1S/C24H23BrCl2N2O4/c1-4-15(25)6-5-14(2)24(22(32)28-7-9-33-10-8-28)19-20(30)29(21(31)23(19,24)3)18-12-16(26)11-17(27)13-18/h4-6,11-13,19H,2,7-10H2,1,3H3/b6-5-,15-4+/t19-,23-,24-/m0/s1. The molecule has 0 aromatic heterocycles. The number of piperidine rings is 1. The van der Waals surface area contributed by atoms with Crippen molar-refractivity contribution < 1.29 is 19.1 Å². The zero-order chi connectivity index (χ0) is 24.1. The van der Waals surface area contributed by atoms with Crippen molar-refractivity contribution in [2.45, 2.75) is 13.8 Å². The Morgan fingerprint density at radius 1 is 1.18 bits per heavy atom. The first-order chi connectivity index (χ1) is 15.6. The van der Waals surface area contributed by atoms with Gasteiger partial charge in [0.15, 0.2) is 0 Å². The van der Waals surface area contributed by atoms with Crippen molar-refractivity contribution in [3.05, 3.63) is 63.1 Å². The first-order valence-electron chi connectivity index (χ1n) is 10.5. The molecule has 2 saturated heterocycles. The van der Waals surface area contributed by atoms with E-state index in [1.54, 1.807) is 24.0 Å². The molecule has 1 aromatic carbocycles. The molecular weight excluding hydrogens is 531 g/mol. The molecule has 1 aliphatic carbocycles. The van der Waals surface area contributed by atoms with Crippen molar-refractivity contribution in [2.75, 3.05) is 31.2 Å². The Bertz CT molecular complexity index is 1110. The van der Waals surface area contributed by atoms with Crippen LogP contribution in [0.15, 0.2) is 53.1 Å². The molecule has 0 bridgehead atoms. The number of benzene rings is 1. The molecule has 174 valence electrons. The summed E-state index contributed by atoms with van der Waals surface area (Å²) in [6, 6.07) is 4.56. The van der Waals surface area contributed by atoms with Crippen LogP contribution < -0.4 is 4.90 Å². The number of rotatable bonds is 5. The van der Waals surface area contributed by atoms with Gasteiger partial charge in [0.2, 0.25) is 17.7 Å². The van der Waals surface area contributed by atoms with Crippen LogP contribution in [0.25, 0.3) is 0 Å². The van der Waals surface area contributed by atoms with Crippen molar-refractivity contribution in [1.29, 1.82) is 0 Å². The monoisotopic (exact) mass is 552 g/mol. The van der Waals surface area contributed by atoms with E-state index in [1.165, 1.54) is 18.2 Å². The molecule has 3 amide bonds. The zero-order valence-corrected chi connectivity index (χ0v) is 21.3. The third kappa shape index (κ3) is 3.52. The molecule has 1 aromatic rings. The van der Waals surface area contributed by atoms with Crippen LogP contribution in [-0.4, -0.2) is 48.9 Å². The van der Waals surface area contributed by atoms with Crippen LogP contribution in [0.5, 0.6) is 0 Å². The van der Waals surface area contributed by atoms with Gasteiger partial charge in [0.25, 0.3) is 0 Å². The lowest BCUT2D eigenvalue weighted by molar-refractivity contribution is -0.145. The van der Waals surface area contributed by atoms with E-state index in [-0.39, 0.29) is 5.91 Å². The number of carbonyl (C=O) groups excluding carboxylic acids is 3. The van der Waals surface area contributed by atoms with Gasteiger partial charge in [0.1, 0.15) is 5.41 Å². The van der Waals surface area contributed by atoms with Crippen molar-refractivity contribution in [3.63, 3.8) is 0 Å². The Labute approximate surface area is 211 Å². The van der Waals surface area contributed by atoms with Crippen LogP contribution in [0.1, 0.15) is 13.8 Å². The minimum Gasteiger partial charge on any atom is -0.378 e. The first-order valence-corrected chi connectivity index (χ1v) is 12.1. The van der Waals surface area contributed by atoms with E-state index in [2.05, 4.69) is 22.5 Å². The summed E-state index contributed by atoms with van der Waals surface area (Å²) in [4.78, 5) is 44.0. The third-order valence-corrected chi connectivity index (χ3v) is 7.99. The average molecular weight is 554 g/mol. The molecule has 6 nitrogen and oxygen atoms in total. The minimum absolute atomic E-state index is 0.268. The molecule has 9 heteroatoms. The van der Waals surface area contributed by atoms with Crippen molar-refractivity contribution in [2.24, 2.45) is 16.7 Å². The highest BCUT2D eigenvalue weighted by Crippen LogP contribution is 2.77. The van der Waals surface area contributed by atoms with Crippen LogP contribution in [0, 0.1) is 16.7 Å². The largest absolute Gasteiger partial charge is 0.378 e. The zero-order valence-electron chi connectivity index (χ0n) is 18.2. The van der Waals surface area contributed by atoms with E-state index < -0.39 is 28.6 Å². The molecule has 0 radical (unpaired) electrons. The summed E-state index contributed by atoms with van der Waals surface area (Å²) in [5, 5.41) is 0.617. The highest BCUT2D eigenvalue weighted by molar-refractivity contribution is 9.11. The van der Waals surface area contributed by atoms with Crippen molar-refractivity contribution in [3.8, 4) is 0 Å². The molecular formula is C24H23BrCl2N2O4. The van der Waals surface area contributed by atoms with E-state index >= 15 is 0 Å². The smallest absolute Gasteiger partial charge is 0.242 e. The molecule has 0 unspecified atom stereocenters. The maximum Gasteiger partial charge on any atom is 0.242 e. The van der Waals surface area contributed by atoms with Gasteiger partial charge >= 0.3 is 0 Å². The van der Waals surface area contributed by atoms with Crippen molar-refractivity contribution in [1.82, 2.24) is 4.90 Å². The number of ether oxygens (including phenoxy) is 1. The lowest BCUT2D eigenvalue weighted by atomic mass is 9.83. The summed E-state index contributed by atoms with van der Waals surface area (Å²) in [6.45, 7) is 9.30. The summed E-state index contributed by atoms with van der Waals surface area (Å²) in [6.07, 6.45) is 5.31. The average Bonchev–Trinajstić information content (AvgIpc) is 3.31. The Kier molecular flexibility index (Phi) is 6.37. The summed E-state index contributed by atoms with van der Waals surface area (Å²) in [5.74, 6) is -2.05. The second kappa shape index (κ2) is 8.69. The van der Waals surface area contributed by atoms with Gasteiger partial charge in [-0.1, -0.05) is 57.9 Å². The van der Waals surface area contributed by atoms with E-state index in [4.69, 9.17) is 27.9 Å². The quantitative estimate of drug-likeness (QED) is 0.389. The fraction of sp³-hybridized carbons (Fsp3) is 0.375. The van der Waals surface area contributed by atoms with Crippen LogP contribution >= 0.6 is 39.1 Å². The summed E-state index contributed by atoms with van der Waals surface area (Å²) in [7, 11) is 0. The topological polar surface area (TPSA) is 66.9 Å². The molecule has 1 saturated carbocycles. The molecule has 3 aliphatic rings. The van der Waals surface area contributed by atoms with Gasteiger partial charge in [-0.2, -0.15) is 0 Å². The molecule has 3 fully saturated rings. The highest BCUT2D eigenvalue weighted by Gasteiger charge is 2.90. The Morgan fingerprint density at radius 3 is 2.30 bits per heavy atom. The number of halogens is 3. The highest BCUT2D eigenvalue weighted by atomic mass is 79.9. The fourth-order valence-corrected chi connectivity index (χ4v) is 5.79. The Morgan fingerprint density at radius 2 is 1.79 bits per heavy atom. The second-order valence-electron chi connectivity index (χ2n) is 8.49. The van der Waals surface area contributed by atoms with Crippen LogP contribution in [0.4, 0.5) is 5.69 Å². The number of nitrogens with zero attached hydrogens (tertiary/aromatic N) is 2.